The number of aromatic nitrogens is 2. The molecular formula is C18H19N3O2S. The van der Waals surface area contributed by atoms with Crippen molar-refractivity contribution in [2.24, 2.45) is 0 Å². The molecule has 124 valence electrons. The number of rotatable bonds is 7. The van der Waals surface area contributed by atoms with Crippen molar-refractivity contribution in [1.29, 1.82) is 0 Å². The zero-order chi connectivity index (χ0) is 16.8. The largest absolute Gasteiger partial charge is 0.484 e. The van der Waals surface area contributed by atoms with E-state index in [0.29, 0.717) is 6.54 Å². The van der Waals surface area contributed by atoms with Crippen LogP contribution in [-0.4, -0.2) is 28.8 Å². The maximum atomic E-state index is 12.1. The summed E-state index contributed by atoms with van der Waals surface area (Å²) in [4.78, 5) is 12.1. The average molecular weight is 341 g/mol. The third-order valence-corrected chi connectivity index (χ3v) is 4.42. The Morgan fingerprint density at radius 1 is 1.33 bits per heavy atom. The van der Waals surface area contributed by atoms with Gasteiger partial charge in [0.25, 0.3) is 5.91 Å². The van der Waals surface area contributed by atoms with Gasteiger partial charge in [0.15, 0.2) is 6.61 Å². The Morgan fingerprint density at radius 2 is 2.21 bits per heavy atom. The number of carbonyl (C=O) groups excluding carboxylic acids is 1. The molecule has 0 aliphatic rings. The van der Waals surface area contributed by atoms with Gasteiger partial charge in [0.05, 0.1) is 6.04 Å². The molecule has 1 atom stereocenters. The summed E-state index contributed by atoms with van der Waals surface area (Å²) in [5.41, 5.74) is 2.14. The van der Waals surface area contributed by atoms with Crippen LogP contribution in [0.1, 0.15) is 17.2 Å². The molecule has 2 heterocycles. The molecule has 0 fully saturated rings. The van der Waals surface area contributed by atoms with Crippen molar-refractivity contribution in [2.45, 2.75) is 13.0 Å². The quantitative estimate of drug-likeness (QED) is 0.719. The summed E-state index contributed by atoms with van der Waals surface area (Å²) in [6, 6.07) is 11.6. The van der Waals surface area contributed by atoms with Crippen LogP contribution in [-0.2, 0) is 4.79 Å². The van der Waals surface area contributed by atoms with Crippen molar-refractivity contribution in [1.82, 2.24) is 15.1 Å². The van der Waals surface area contributed by atoms with Crippen LogP contribution < -0.4 is 10.1 Å². The Hall–Kier alpha value is -2.60. The molecule has 24 heavy (non-hydrogen) atoms. The summed E-state index contributed by atoms with van der Waals surface area (Å²) >= 11 is 1.63. The van der Waals surface area contributed by atoms with E-state index in [1.807, 2.05) is 59.6 Å². The topological polar surface area (TPSA) is 56.1 Å². The average Bonchev–Trinajstić information content (AvgIpc) is 3.28. The lowest BCUT2D eigenvalue weighted by atomic mass is 10.1. The zero-order valence-corrected chi connectivity index (χ0v) is 14.2. The predicted molar refractivity (Wildman–Crippen MR) is 94.4 cm³/mol. The number of ether oxygens (including phenoxy) is 1. The highest BCUT2D eigenvalue weighted by Gasteiger charge is 2.16. The summed E-state index contributed by atoms with van der Waals surface area (Å²) < 4.78 is 7.43. The van der Waals surface area contributed by atoms with Crippen molar-refractivity contribution in [2.75, 3.05) is 13.2 Å². The summed E-state index contributed by atoms with van der Waals surface area (Å²) in [6.45, 7) is 2.42. The summed E-state index contributed by atoms with van der Waals surface area (Å²) in [7, 11) is 0. The number of hydrogen-bond donors (Lipinski definition) is 1. The van der Waals surface area contributed by atoms with Crippen molar-refractivity contribution < 1.29 is 9.53 Å². The zero-order valence-electron chi connectivity index (χ0n) is 13.4. The maximum Gasteiger partial charge on any atom is 0.258 e. The van der Waals surface area contributed by atoms with Crippen molar-refractivity contribution in [3.8, 4) is 5.75 Å². The molecule has 3 aromatic rings. The van der Waals surface area contributed by atoms with Gasteiger partial charge >= 0.3 is 0 Å². The van der Waals surface area contributed by atoms with E-state index in [1.165, 1.54) is 0 Å². The van der Waals surface area contributed by atoms with Gasteiger partial charge in [-0.05, 0) is 47.0 Å². The lowest BCUT2D eigenvalue weighted by Crippen LogP contribution is -2.34. The third kappa shape index (κ3) is 4.02. The van der Waals surface area contributed by atoms with Crippen LogP contribution in [0.4, 0.5) is 0 Å². The number of benzene rings is 1. The molecule has 2 aromatic heterocycles. The summed E-state index contributed by atoms with van der Waals surface area (Å²) in [5.74, 6) is 0.583. The van der Waals surface area contributed by atoms with Gasteiger partial charge in [-0.2, -0.15) is 16.4 Å². The molecule has 1 N–H and O–H groups in total. The number of hydrogen-bond acceptors (Lipinski definition) is 4. The van der Waals surface area contributed by atoms with Crippen LogP contribution in [0.5, 0.6) is 5.75 Å². The molecule has 0 saturated carbocycles. The first kappa shape index (κ1) is 16.3. The standard InChI is InChI=1S/C18H19N3O2S/c1-14-5-2-3-6-17(14)23-12-18(22)19-11-16(15-7-10-24-13-15)21-9-4-8-20-21/h2-10,13,16H,11-12H2,1H3,(H,19,22). The molecule has 5 nitrogen and oxygen atoms in total. The van der Waals surface area contributed by atoms with Gasteiger partial charge < -0.3 is 10.1 Å². The highest BCUT2D eigenvalue weighted by Crippen LogP contribution is 2.19. The molecule has 0 spiro atoms. The van der Waals surface area contributed by atoms with E-state index in [4.69, 9.17) is 4.74 Å². The Kier molecular flexibility index (Phi) is 5.28. The van der Waals surface area contributed by atoms with Crippen molar-refractivity contribution in [3.63, 3.8) is 0 Å². The fourth-order valence-corrected chi connectivity index (χ4v) is 3.12. The van der Waals surface area contributed by atoms with Crippen LogP contribution in [0.25, 0.3) is 0 Å². The number of thiophene rings is 1. The molecule has 0 saturated heterocycles. The Labute approximate surface area is 144 Å². The molecule has 1 amide bonds. The van der Waals surface area contributed by atoms with E-state index >= 15 is 0 Å². The Morgan fingerprint density at radius 3 is 2.92 bits per heavy atom. The molecule has 1 unspecified atom stereocenters. The van der Waals surface area contributed by atoms with Crippen molar-refractivity contribution in [3.05, 3.63) is 70.7 Å². The lowest BCUT2D eigenvalue weighted by molar-refractivity contribution is -0.123. The molecule has 1 aromatic carbocycles. The van der Waals surface area contributed by atoms with Crippen LogP contribution in [0.2, 0.25) is 0 Å². The maximum absolute atomic E-state index is 12.1. The van der Waals surface area contributed by atoms with Gasteiger partial charge in [-0.15, -0.1) is 0 Å². The van der Waals surface area contributed by atoms with Crippen molar-refractivity contribution >= 4 is 17.2 Å². The van der Waals surface area contributed by atoms with Gasteiger partial charge in [-0.3, -0.25) is 9.48 Å². The normalized spacial score (nSPS) is 11.9. The van der Waals surface area contributed by atoms with E-state index in [0.717, 1.165) is 16.9 Å². The first-order chi connectivity index (χ1) is 11.7. The van der Waals surface area contributed by atoms with Crippen LogP contribution in [0, 0.1) is 6.92 Å². The smallest absolute Gasteiger partial charge is 0.258 e. The second-order valence-corrected chi connectivity index (χ2v) is 6.20. The highest BCUT2D eigenvalue weighted by atomic mass is 32.1. The number of aryl methyl sites for hydroxylation is 1. The van der Waals surface area contributed by atoms with E-state index in [2.05, 4.69) is 15.8 Å². The first-order valence-corrected chi connectivity index (χ1v) is 8.64. The molecule has 0 bridgehead atoms. The minimum Gasteiger partial charge on any atom is -0.484 e. The van der Waals surface area contributed by atoms with E-state index in [-0.39, 0.29) is 18.6 Å². The first-order valence-electron chi connectivity index (χ1n) is 7.70. The van der Waals surface area contributed by atoms with Gasteiger partial charge in [-0.25, -0.2) is 0 Å². The van der Waals surface area contributed by atoms with E-state index < -0.39 is 0 Å². The predicted octanol–water partition coefficient (Wildman–Crippen LogP) is 3.04. The summed E-state index contributed by atoms with van der Waals surface area (Å²) in [5, 5.41) is 11.3. The number of nitrogens with zero attached hydrogens (tertiary/aromatic N) is 2. The van der Waals surface area contributed by atoms with Crippen LogP contribution in [0.15, 0.2) is 59.6 Å². The monoisotopic (exact) mass is 341 g/mol. The minimum absolute atomic E-state index is 0.000315. The molecule has 0 aliphatic carbocycles. The van der Waals surface area contributed by atoms with Gasteiger partial charge in [0.2, 0.25) is 0 Å². The van der Waals surface area contributed by atoms with Crippen LogP contribution >= 0.6 is 11.3 Å². The van der Waals surface area contributed by atoms with Gasteiger partial charge in [0, 0.05) is 18.9 Å². The van der Waals surface area contributed by atoms with E-state index in [9.17, 15) is 4.79 Å². The SMILES string of the molecule is Cc1ccccc1OCC(=O)NCC(c1ccsc1)n1cccn1. The summed E-state index contributed by atoms with van der Waals surface area (Å²) in [6.07, 6.45) is 3.64. The van der Waals surface area contributed by atoms with Crippen LogP contribution in [0.3, 0.4) is 0 Å². The molecule has 3 rings (SSSR count). The fourth-order valence-electron chi connectivity index (χ4n) is 2.42. The number of para-hydroxylation sites is 1. The lowest BCUT2D eigenvalue weighted by Gasteiger charge is -2.17. The Balaban J connectivity index is 1.57. The number of carbonyl (C=O) groups is 1. The van der Waals surface area contributed by atoms with Gasteiger partial charge in [-0.1, -0.05) is 18.2 Å². The minimum atomic E-state index is -0.148. The third-order valence-electron chi connectivity index (χ3n) is 3.72. The molecule has 0 radical (unpaired) electrons. The van der Waals surface area contributed by atoms with Gasteiger partial charge in [0.1, 0.15) is 5.75 Å². The van der Waals surface area contributed by atoms with E-state index in [1.54, 1.807) is 17.5 Å². The Bertz CT molecular complexity index is 735. The second kappa shape index (κ2) is 7.79. The number of nitrogens with one attached hydrogen (secondary N) is 1. The second-order valence-electron chi connectivity index (χ2n) is 5.42. The fraction of sp³-hybridized carbons (Fsp3) is 0.222. The molecule has 0 aliphatic heterocycles. The number of amides is 1. The molecular weight excluding hydrogens is 322 g/mol. The highest BCUT2D eigenvalue weighted by molar-refractivity contribution is 7.07. The molecule has 6 heteroatoms.